The lowest BCUT2D eigenvalue weighted by molar-refractivity contribution is 0.0918. The van der Waals surface area contributed by atoms with Gasteiger partial charge in [-0.1, -0.05) is 39.5 Å². The van der Waals surface area contributed by atoms with E-state index >= 15 is 0 Å². The fraction of sp³-hybridized carbons (Fsp3) is 0.688. The van der Waals surface area contributed by atoms with Gasteiger partial charge in [0, 0.05) is 31.1 Å². The van der Waals surface area contributed by atoms with E-state index in [1.807, 2.05) is 0 Å². The number of aromatic nitrogens is 2. The van der Waals surface area contributed by atoms with Gasteiger partial charge in [-0.3, -0.25) is 19.1 Å². The molecule has 0 radical (unpaired) electrons. The van der Waals surface area contributed by atoms with Crippen LogP contribution in [0.3, 0.4) is 0 Å². The molecule has 1 amide bonds. The Bertz CT molecular complexity index is 611. The molecule has 128 valence electrons. The van der Waals surface area contributed by atoms with Crippen LogP contribution in [0.1, 0.15) is 38.1 Å². The van der Waals surface area contributed by atoms with Crippen molar-refractivity contribution in [3.8, 4) is 0 Å². The van der Waals surface area contributed by atoms with E-state index in [0.29, 0.717) is 24.2 Å². The Labute approximate surface area is 141 Å². The van der Waals surface area contributed by atoms with E-state index in [9.17, 15) is 9.59 Å². The quantitative estimate of drug-likeness (QED) is 0.762. The van der Waals surface area contributed by atoms with Gasteiger partial charge < -0.3 is 5.32 Å². The average Bonchev–Trinajstić information content (AvgIpc) is 3.00. The van der Waals surface area contributed by atoms with Crippen LogP contribution in [0.5, 0.6) is 0 Å². The smallest absolute Gasteiger partial charge is 0.267 e. The molecule has 0 bridgehead atoms. The first-order valence-corrected chi connectivity index (χ1v) is 9.23. The summed E-state index contributed by atoms with van der Waals surface area (Å²) in [6.07, 6.45) is 1.41. The van der Waals surface area contributed by atoms with Gasteiger partial charge in [0.25, 0.3) is 11.5 Å². The molecule has 6 nitrogen and oxygen atoms in total. The maximum Gasteiger partial charge on any atom is 0.267 e. The van der Waals surface area contributed by atoms with Crippen molar-refractivity contribution in [1.29, 1.82) is 0 Å². The summed E-state index contributed by atoms with van der Waals surface area (Å²) < 4.78 is 1.59. The molecule has 23 heavy (non-hydrogen) atoms. The molecule has 1 aliphatic heterocycles. The van der Waals surface area contributed by atoms with Gasteiger partial charge in [-0.25, -0.2) is 4.98 Å². The maximum atomic E-state index is 12.4. The summed E-state index contributed by atoms with van der Waals surface area (Å²) in [4.78, 5) is 31.3. The highest BCUT2D eigenvalue weighted by molar-refractivity contribution is 7.99. The van der Waals surface area contributed by atoms with Gasteiger partial charge in [0.2, 0.25) is 0 Å². The first-order valence-electron chi connectivity index (χ1n) is 8.24. The fourth-order valence-electron chi connectivity index (χ4n) is 2.94. The highest BCUT2D eigenvalue weighted by atomic mass is 32.2. The van der Waals surface area contributed by atoms with Crippen LogP contribution < -0.4 is 10.9 Å². The summed E-state index contributed by atoms with van der Waals surface area (Å²) in [5.74, 6) is 0.934. The van der Waals surface area contributed by atoms with Crippen LogP contribution >= 0.6 is 11.8 Å². The van der Waals surface area contributed by atoms with Crippen molar-refractivity contribution in [2.75, 3.05) is 25.4 Å². The second kappa shape index (κ2) is 7.97. The molecule has 2 heterocycles. The minimum atomic E-state index is -0.326. The normalized spacial score (nSPS) is 15.0. The third-order valence-electron chi connectivity index (χ3n) is 4.32. The van der Waals surface area contributed by atoms with E-state index in [4.69, 9.17) is 0 Å². The second-order valence-electron chi connectivity index (χ2n) is 6.00. The van der Waals surface area contributed by atoms with E-state index in [1.165, 1.54) is 6.20 Å². The molecule has 1 aromatic heterocycles. The lowest BCUT2D eigenvalue weighted by Crippen LogP contribution is -2.47. The standard InChI is InChI=1S/C16H26N4O2S/c1-5-19(6-2)13(11(3)4)10-17-14(21)12-9-18-16-20(15(12)22)7-8-23-16/h9,11,13H,5-8,10H2,1-4H3,(H,17,21)/t13-/m1/s1. The van der Waals surface area contributed by atoms with Crippen LogP contribution in [0.25, 0.3) is 0 Å². The summed E-state index contributed by atoms with van der Waals surface area (Å²) in [5.41, 5.74) is -0.0975. The Balaban J connectivity index is 2.09. The van der Waals surface area contributed by atoms with Crippen LogP contribution in [-0.2, 0) is 6.54 Å². The topological polar surface area (TPSA) is 67.2 Å². The van der Waals surface area contributed by atoms with Crippen molar-refractivity contribution in [2.45, 2.75) is 45.4 Å². The molecule has 1 atom stereocenters. The number of fused-ring (bicyclic) bond motifs is 1. The Hall–Kier alpha value is -1.34. The molecule has 0 saturated heterocycles. The van der Waals surface area contributed by atoms with Crippen LogP contribution in [0, 0.1) is 5.92 Å². The first-order chi connectivity index (χ1) is 11.0. The van der Waals surface area contributed by atoms with Gasteiger partial charge in [0.15, 0.2) is 5.16 Å². The molecular formula is C16H26N4O2S. The van der Waals surface area contributed by atoms with Crippen LogP contribution in [0.15, 0.2) is 16.1 Å². The summed E-state index contributed by atoms with van der Waals surface area (Å²) in [7, 11) is 0. The van der Waals surface area contributed by atoms with Gasteiger partial charge in [-0.15, -0.1) is 0 Å². The van der Waals surface area contributed by atoms with Crippen molar-refractivity contribution in [3.05, 3.63) is 22.1 Å². The van der Waals surface area contributed by atoms with E-state index in [1.54, 1.807) is 16.3 Å². The number of likely N-dealkylation sites (N-methyl/N-ethyl adjacent to an activating group) is 1. The summed E-state index contributed by atoms with van der Waals surface area (Å²) in [5, 5.41) is 3.62. The van der Waals surface area contributed by atoms with Crippen LogP contribution in [0.4, 0.5) is 0 Å². The zero-order chi connectivity index (χ0) is 17.0. The zero-order valence-corrected chi connectivity index (χ0v) is 15.2. The third-order valence-corrected chi connectivity index (χ3v) is 5.29. The SMILES string of the molecule is CCN(CC)[C@H](CNC(=O)c1cnc2n(c1=O)CCS2)C(C)C. The molecule has 1 aliphatic rings. The first kappa shape index (κ1) is 18.0. The molecule has 0 aliphatic carbocycles. The van der Waals surface area contributed by atoms with Gasteiger partial charge in [0.05, 0.1) is 0 Å². The number of hydrogen-bond donors (Lipinski definition) is 1. The summed E-state index contributed by atoms with van der Waals surface area (Å²) in [6, 6.07) is 0.259. The molecule has 0 saturated carbocycles. The number of amides is 1. The van der Waals surface area contributed by atoms with Crippen LogP contribution in [0.2, 0.25) is 0 Å². The minimum absolute atomic E-state index is 0.137. The summed E-state index contributed by atoms with van der Waals surface area (Å²) >= 11 is 1.55. The van der Waals surface area contributed by atoms with E-state index in [0.717, 1.165) is 18.8 Å². The van der Waals surface area contributed by atoms with Crippen LogP contribution in [-0.4, -0.2) is 51.8 Å². The fourth-order valence-corrected chi connectivity index (χ4v) is 3.86. The molecule has 7 heteroatoms. The second-order valence-corrected chi connectivity index (χ2v) is 7.06. The Morgan fingerprint density at radius 3 is 2.74 bits per heavy atom. The Morgan fingerprint density at radius 1 is 1.43 bits per heavy atom. The Kier molecular flexibility index (Phi) is 6.24. The maximum absolute atomic E-state index is 12.4. The lowest BCUT2D eigenvalue weighted by atomic mass is 10.0. The van der Waals surface area contributed by atoms with E-state index < -0.39 is 0 Å². The van der Waals surface area contributed by atoms with E-state index in [-0.39, 0.29) is 23.1 Å². The number of rotatable bonds is 7. The van der Waals surface area contributed by atoms with Crippen molar-refractivity contribution in [1.82, 2.24) is 19.8 Å². The minimum Gasteiger partial charge on any atom is -0.350 e. The molecular weight excluding hydrogens is 312 g/mol. The largest absolute Gasteiger partial charge is 0.350 e. The molecule has 2 rings (SSSR count). The number of carbonyl (C=O) groups excluding carboxylic acids is 1. The highest BCUT2D eigenvalue weighted by Gasteiger charge is 2.23. The molecule has 0 fully saturated rings. The predicted octanol–water partition coefficient (Wildman–Crippen LogP) is 1.45. The molecule has 0 aromatic carbocycles. The number of hydrogen-bond acceptors (Lipinski definition) is 5. The number of nitrogens with one attached hydrogen (secondary N) is 1. The molecule has 1 aromatic rings. The van der Waals surface area contributed by atoms with E-state index in [2.05, 4.69) is 42.9 Å². The van der Waals surface area contributed by atoms with Crippen molar-refractivity contribution in [3.63, 3.8) is 0 Å². The van der Waals surface area contributed by atoms with Gasteiger partial charge in [0.1, 0.15) is 5.56 Å². The molecule has 0 unspecified atom stereocenters. The van der Waals surface area contributed by atoms with Crippen molar-refractivity contribution >= 4 is 17.7 Å². The van der Waals surface area contributed by atoms with Gasteiger partial charge >= 0.3 is 0 Å². The highest BCUT2D eigenvalue weighted by Crippen LogP contribution is 2.20. The monoisotopic (exact) mass is 338 g/mol. The van der Waals surface area contributed by atoms with Crippen molar-refractivity contribution in [2.24, 2.45) is 5.92 Å². The van der Waals surface area contributed by atoms with Gasteiger partial charge in [-0.05, 0) is 19.0 Å². The van der Waals surface area contributed by atoms with Gasteiger partial charge in [-0.2, -0.15) is 0 Å². The number of thioether (sulfide) groups is 1. The zero-order valence-electron chi connectivity index (χ0n) is 14.3. The third kappa shape index (κ3) is 3.95. The average molecular weight is 338 g/mol. The number of nitrogens with zero attached hydrogens (tertiary/aromatic N) is 3. The predicted molar refractivity (Wildman–Crippen MR) is 93.1 cm³/mol. The Morgan fingerprint density at radius 2 is 2.13 bits per heavy atom. The van der Waals surface area contributed by atoms with Crippen molar-refractivity contribution < 1.29 is 4.79 Å². The lowest BCUT2D eigenvalue weighted by Gasteiger charge is -2.32. The molecule has 1 N–H and O–H groups in total. The number of carbonyl (C=O) groups is 1. The molecule has 0 spiro atoms. The summed E-state index contributed by atoms with van der Waals surface area (Å²) in [6.45, 7) is 11.6.